The van der Waals surface area contributed by atoms with Gasteiger partial charge in [-0.3, -0.25) is 29.0 Å². The summed E-state index contributed by atoms with van der Waals surface area (Å²) < 4.78 is 29.5. The second-order valence-corrected chi connectivity index (χ2v) is 15.5. The topological polar surface area (TPSA) is 262 Å². The molecule has 8 N–H and O–H groups in total. The van der Waals surface area contributed by atoms with Crippen molar-refractivity contribution in [2.45, 2.75) is 90.7 Å². The first-order valence-electron chi connectivity index (χ1n) is 22.8. The van der Waals surface area contributed by atoms with Crippen LogP contribution in [0.4, 0.5) is 0 Å². The quantitative estimate of drug-likeness (QED) is 0.0450. The lowest BCUT2D eigenvalue weighted by Gasteiger charge is -2.16. The molecule has 3 aromatic rings. The van der Waals surface area contributed by atoms with Gasteiger partial charge in [0.25, 0.3) is 0 Å². The number of rotatable bonds is 39. The van der Waals surface area contributed by atoms with E-state index in [1.807, 2.05) is 38.2 Å². The molecule has 0 aliphatic heterocycles. The summed E-state index contributed by atoms with van der Waals surface area (Å²) >= 11 is 0. The minimum absolute atomic E-state index is 0.111. The van der Waals surface area contributed by atoms with Crippen LogP contribution in [0.3, 0.4) is 0 Å². The minimum Gasteiger partial charge on any atom is -0.379 e. The summed E-state index contributed by atoms with van der Waals surface area (Å²) in [6.45, 7) is 7.05. The van der Waals surface area contributed by atoms with Crippen LogP contribution < -0.4 is 32.7 Å². The molecule has 2 atom stereocenters. The van der Waals surface area contributed by atoms with Gasteiger partial charge in [-0.05, 0) is 71.5 Å². The zero-order valence-corrected chi connectivity index (χ0v) is 38.0. The molecule has 0 aliphatic carbocycles. The first-order valence-corrected chi connectivity index (χ1v) is 22.8. The van der Waals surface area contributed by atoms with Gasteiger partial charge in [-0.1, -0.05) is 37.5 Å². The molecular weight excluding hydrogens is 827 g/mol. The van der Waals surface area contributed by atoms with E-state index < -0.39 is 0 Å². The van der Waals surface area contributed by atoms with Gasteiger partial charge in [-0.25, -0.2) is 4.98 Å². The van der Waals surface area contributed by atoms with Crippen molar-refractivity contribution in [3.05, 3.63) is 36.3 Å². The standard InChI is InChI=1S/C45H73N9O10/c1-3-60-31-39-53-38-30-52-37-17-5-4-16-36(37)43(38)54(39)23-11-21-50-41(56)32-64-33-42(57)51-22-25-62-27-29-63-28-26-61-24-18-40(55)49-20-9-7-13-35(45(47)59)15-10-14-34(44(46)58)12-6-8-19-48-2/h4-5,16-17,30,34-35,48H,3,6-15,18-29,31-33H2,1-2H3,(H2,46,58)(H2,47,59)(H,49,55)(H,50,56)(H,51,57). The van der Waals surface area contributed by atoms with Gasteiger partial charge >= 0.3 is 0 Å². The average molecular weight is 900 g/mol. The molecule has 3 rings (SSSR count). The molecule has 0 aliphatic rings. The monoisotopic (exact) mass is 900 g/mol. The predicted molar refractivity (Wildman–Crippen MR) is 243 cm³/mol. The number of ether oxygens (including phenoxy) is 5. The number of primary amides is 2. The number of carbonyl (C=O) groups excluding carboxylic acids is 5. The summed E-state index contributed by atoms with van der Waals surface area (Å²) in [5.41, 5.74) is 13.9. The van der Waals surface area contributed by atoms with Crippen molar-refractivity contribution in [1.82, 2.24) is 35.8 Å². The third-order valence-electron chi connectivity index (χ3n) is 10.6. The summed E-state index contributed by atoms with van der Waals surface area (Å²) in [6, 6.07) is 7.92. The Morgan fingerprint density at radius 1 is 0.641 bits per heavy atom. The number of aryl methyl sites for hydroxylation is 1. The van der Waals surface area contributed by atoms with E-state index in [4.69, 9.17) is 40.1 Å². The molecule has 0 fully saturated rings. The highest BCUT2D eigenvalue weighted by molar-refractivity contribution is 6.02. The molecule has 2 aromatic heterocycles. The minimum atomic E-state index is -0.353. The van der Waals surface area contributed by atoms with Gasteiger partial charge in [0.2, 0.25) is 29.5 Å². The fourth-order valence-corrected chi connectivity index (χ4v) is 7.12. The highest BCUT2D eigenvalue weighted by Gasteiger charge is 2.19. The molecular formula is C45H73N9O10. The fourth-order valence-electron chi connectivity index (χ4n) is 7.12. The summed E-state index contributed by atoms with van der Waals surface area (Å²) in [7, 11) is 1.90. The maximum atomic E-state index is 12.3. The normalized spacial score (nSPS) is 12.3. The number of fused-ring (bicyclic) bond motifs is 3. The van der Waals surface area contributed by atoms with Gasteiger partial charge in [0.1, 0.15) is 31.2 Å². The van der Waals surface area contributed by atoms with Gasteiger partial charge in [0.15, 0.2) is 0 Å². The Labute approximate surface area is 377 Å². The average Bonchev–Trinajstić information content (AvgIpc) is 3.64. The van der Waals surface area contributed by atoms with E-state index in [0.717, 1.165) is 72.8 Å². The molecule has 0 radical (unpaired) electrons. The molecule has 2 unspecified atom stereocenters. The molecule has 0 saturated heterocycles. The third-order valence-corrected chi connectivity index (χ3v) is 10.6. The number of nitrogens with one attached hydrogen (secondary N) is 4. The highest BCUT2D eigenvalue weighted by Crippen LogP contribution is 2.25. The molecule has 0 saturated carbocycles. The van der Waals surface area contributed by atoms with Crippen molar-refractivity contribution < 1.29 is 47.7 Å². The summed E-state index contributed by atoms with van der Waals surface area (Å²) in [5, 5.41) is 12.5. The number of hydrogen-bond donors (Lipinski definition) is 6. The lowest BCUT2D eigenvalue weighted by atomic mass is 9.90. The van der Waals surface area contributed by atoms with Crippen LogP contribution in [0.2, 0.25) is 0 Å². The Hall–Kier alpha value is -4.79. The smallest absolute Gasteiger partial charge is 0.246 e. The first-order chi connectivity index (χ1) is 31.1. The number of nitrogens with two attached hydrogens (primary N) is 2. The number of nitrogens with zero attached hydrogens (tertiary/aromatic N) is 3. The molecule has 64 heavy (non-hydrogen) atoms. The van der Waals surface area contributed by atoms with Gasteiger partial charge in [0.05, 0.1) is 56.9 Å². The fraction of sp³-hybridized carbons (Fsp3) is 0.667. The predicted octanol–water partition coefficient (Wildman–Crippen LogP) is 2.25. The lowest BCUT2D eigenvalue weighted by Crippen LogP contribution is -2.34. The SMILES string of the molecule is CCOCc1nc2cnc3ccccc3c2n1CCCNC(=O)COCC(=O)NCCOCCOCCOCCC(=O)NCCCCC(CCCC(CCCCNC)C(N)=O)C(N)=O. The second kappa shape index (κ2) is 32.8. The summed E-state index contributed by atoms with van der Waals surface area (Å²) in [5.74, 6) is -1.03. The van der Waals surface area contributed by atoms with Crippen LogP contribution in [-0.2, 0) is 60.8 Å². The number of carbonyl (C=O) groups is 5. The van der Waals surface area contributed by atoms with Crippen LogP contribution >= 0.6 is 0 Å². The van der Waals surface area contributed by atoms with Gasteiger partial charge in [0, 0.05) is 56.4 Å². The lowest BCUT2D eigenvalue weighted by molar-refractivity contribution is -0.131. The number of pyridine rings is 1. The largest absolute Gasteiger partial charge is 0.379 e. The molecule has 5 amide bonds. The molecule has 19 heteroatoms. The molecule has 2 heterocycles. The molecule has 19 nitrogen and oxygen atoms in total. The van der Waals surface area contributed by atoms with E-state index in [0.29, 0.717) is 85.0 Å². The van der Waals surface area contributed by atoms with E-state index in [2.05, 4.69) is 30.8 Å². The Kier molecular flexibility index (Phi) is 27.4. The van der Waals surface area contributed by atoms with Crippen molar-refractivity contribution in [1.29, 1.82) is 0 Å². The maximum absolute atomic E-state index is 12.3. The van der Waals surface area contributed by atoms with Crippen LogP contribution in [0.5, 0.6) is 0 Å². The van der Waals surface area contributed by atoms with Gasteiger partial charge in [-0.2, -0.15) is 0 Å². The van der Waals surface area contributed by atoms with Crippen LogP contribution in [-0.4, -0.2) is 137 Å². The number of benzene rings is 1. The Bertz CT molecular complexity index is 1830. The molecule has 0 bridgehead atoms. The summed E-state index contributed by atoms with van der Waals surface area (Å²) in [6.07, 6.45) is 9.46. The molecule has 0 spiro atoms. The van der Waals surface area contributed by atoms with Crippen molar-refractivity contribution in [2.24, 2.45) is 23.3 Å². The van der Waals surface area contributed by atoms with Crippen molar-refractivity contribution in [3.63, 3.8) is 0 Å². The Morgan fingerprint density at radius 3 is 1.88 bits per heavy atom. The Morgan fingerprint density at radius 2 is 1.22 bits per heavy atom. The van der Waals surface area contributed by atoms with Crippen LogP contribution in [0.15, 0.2) is 30.5 Å². The zero-order chi connectivity index (χ0) is 46.2. The number of amides is 5. The first kappa shape index (κ1) is 53.5. The van der Waals surface area contributed by atoms with E-state index in [-0.39, 0.29) is 80.8 Å². The molecule has 1 aromatic carbocycles. The zero-order valence-electron chi connectivity index (χ0n) is 38.0. The second-order valence-electron chi connectivity index (χ2n) is 15.5. The van der Waals surface area contributed by atoms with Crippen molar-refractivity contribution in [3.8, 4) is 0 Å². The number of imidazole rings is 1. The number of unbranched alkanes of at least 4 members (excludes halogenated alkanes) is 2. The van der Waals surface area contributed by atoms with E-state index in [1.54, 1.807) is 6.20 Å². The van der Waals surface area contributed by atoms with Gasteiger partial charge < -0.3 is 61.0 Å². The van der Waals surface area contributed by atoms with Crippen LogP contribution in [0.25, 0.3) is 21.9 Å². The van der Waals surface area contributed by atoms with Crippen molar-refractivity contribution in [2.75, 3.05) is 92.7 Å². The van der Waals surface area contributed by atoms with E-state index >= 15 is 0 Å². The number of hydrogen-bond acceptors (Lipinski definition) is 13. The van der Waals surface area contributed by atoms with Crippen LogP contribution in [0.1, 0.15) is 83.4 Å². The highest BCUT2D eigenvalue weighted by atomic mass is 16.5. The summed E-state index contributed by atoms with van der Waals surface area (Å²) in [4.78, 5) is 69.6. The third kappa shape index (κ3) is 21.7. The number of aromatic nitrogens is 3. The molecule has 358 valence electrons. The van der Waals surface area contributed by atoms with E-state index in [1.165, 1.54) is 0 Å². The van der Waals surface area contributed by atoms with E-state index in [9.17, 15) is 24.0 Å². The maximum Gasteiger partial charge on any atom is 0.246 e. The van der Waals surface area contributed by atoms with Crippen LogP contribution in [0, 0.1) is 11.8 Å². The number of para-hydroxylation sites is 1. The Balaban J connectivity index is 1.10. The van der Waals surface area contributed by atoms with Crippen molar-refractivity contribution >= 4 is 51.5 Å². The van der Waals surface area contributed by atoms with Gasteiger partial charge in [-0.15, -0.1) is 0 Å².